The number of benzene rings is 3. The molecule has 0 spiro atoms. The largest absolute Gasteiger partial charge is 0.440 e. The summed E-state index contributed by atoms with van der Waals surface area (Å²) in [7, 11) is 0. The van der Waals surface area contributed by atoms with E-state index in [4.69, 9.17) is 39.5 Å². The second-order valence-corrected chi connectivity index (χ2v) is 12.7. The molecule has 0 radical (unpaired) electrons. The van der Waals surface area contributed by atoms with Crippen LogP contribution in [0.3, 0.4) is 0 Å². The first-order chi connectivity index (χ1) is 21.0. The molecular formula is C33H36Cl3N3O5. The summed E-state index contributed by atoms with van der Waals surface area (Å²) in [5, 5.41) is 19.5. The Morgan fingerprint density at radius 1 is 1.00 bits per heavy atom. The molecule has 8 nitrogen and oxygen atoms in total. The number of nitrogens with one attached hydrogen (secondary N) is 3. The van der Waals surface area contributed by atoms with Gasteiger partial charge in [0.2, 0.25) is 11.8 Å². The van der Waals surface area contributed by atoms with Gasteiger partial charge in [-0.3, -0.25) is 9.59 Å². The summed E-state index contributed by atoms with van der Waals surface area (Å²) >= 11 is 18.6. The van der Waals surface area contributed by atoms with Gasteiger partial charge in [-0.15, -0.1) is 0 Å². The Balaban J connectivity index is 1.58. The van der Waals surface area contributed by atoms with E-state index in [9.17, 15) is 19.5 Å². The molecule has 0 aliphatic carbocycles. The van der Waals surface area contributed by atoms with E-state index in [1.54, 1.807) is 24.3 Å². The van der Waals surface area contributed by atoms with E-state index in [1.807, 2.05) is 62.4 Å². The quantitative estimate of drug-likeness (QED) is 0.190. The summed E-state index contributed by atoms with van der Waals surface area (Å²) in [4.78, 5) is 39.3. The maximum atomic E-state index is 13.6. The molecule has 0 aromatic heterocycles. The molecule has 4 N–H and O–H groups in total. The SMILES string of the molecule is CC(C)(c1cccc(Cl)c1)C(OC(=O)N[C@@H](Cc1ccc(Cl)c(Cl)c1)C(=O)N[C@H](CO)C[C@@H]1CCNC1=O)c1ccccc1. The molecular weight excluding hydrogens is 625 g/mol. The van der Waals surface area contributed by atoms with E-state index < -0.39 is 35.6 Å². The Morgan fingerprint density at radius 2 is 1.75 bits per heavy atom. The highest BCUT2D eigenvalue weighted by atomic mass is 35.5. The summed E-state index contributed by atoms with van der Waals surface area (Å²) < 4.78 is 6.09. The van der Waals surface area contributed by atoms with E-state index >= 15 is 0 Å². The van der Waals surface area contributed by atoms with E-state index in [-0.39, 0.29) is 31.3 Å². The minimum Gasteiger partial charge on any atom is -0.440 e. The van der Waals surface area contributed by atoms with Crippen molar-refractivity contribution in [2.75, 3.05) is 13.2 Å². The number of alkyl carbamates (subject to hydrolysis) is 1. The van der Waals surface area contributed by atoms with Crippen LogP contribution in [-0.2, 0) is 26.2 Å². The minimum absolute atomic E-state index is 0.0631. The molecule has 4 rings (SSSR count). The van der Waals surface area contributed by atoms with Gasteiger partial charge in [-0.1, -0.05) is 97.2 Å². The number of aliphatic hydroxyl groups is 1. The van der Waals surface area contributed by atoms with Crippen LogP contribution in [0.2, 0.25) is 15.1 Å². The number of halogens is 3. The molecule has 1 unspecified atom stereocenters. The van der Waals surface area contributed by atoms with Crippen LogP contribution >= 0.6 is 34.8 Å². The summed E-state index contributed by atoms with van der Waals surface area (Å²) in [5.74, 6) is -0.976. The van der Waals surface area contributed by atoms with Crippen molar-refractivity contribution >= 4 is 52.7 Å². The first-order valence-electron chi connectivity index (χ1n) is 14.4. The molecule has 1 aliphatic heterocycles. The van der Waals surface area contributed by atoms with Crippen molar-refractivity contribution in [2.45, 2.75) is 56.7 Å². The first-order valence-corrected chi connectivity index (χ1v) is 15.5. The average molecular weight is 661 g/mol. The van der Waals surface area contributed by atoms with Gasteiger partial charge >= 0.3 is 6.09 Å². The second kappa shape index (κ2) is 15.1. The summed E-state index contributed by atoms with van der Waals surface area (Å²) in [6.45, 7) is 4.09. The lowest BCUT2D eigenvalue weighted by atomic mass is 9.76. The Bertz CT molecular complexity index is 1470. The van der Waals surface area contributed by atoms with Crippen LogP contribution in [0.4, 0.5) is 4.79 Å². The van der Waals surface area contributed by atoms with Crippen LogP contribution in [-0.4, -0.2) is 48.2 Å². The lowest BCUT2D eigenvalue weighted by Gasteiger charge is -2.35. The van der Waals surface area contributed by atoms with Crippen molar-refractivity contribution in [3.8, 4) is 0 Å². The predicted octanol–water partition coefficient (Wildman–Crippen LogP) is 6.01. The fraction of sp³-hybridized carbons (Fsp3) is 0.364. The highest BCUT2D eigenvalue weighted by molar-refractivity contribution is 6.42. The zero-order valence-corrected chi connectivity index (χ0v) is 26.8. The molecule has 4 atom stereocenters. The first kappa shape index (κ1) is 33.6. The molecule has 44 heavy (non-hydrogen) atoms. The Labute approximate surface area is 272 Å². The van der Waals surface area contributed by atoms with E-state index in [0.717, 1.165) is 11.1 Å². The molecule has 3 aromatic rings. The van der Waals surface area contributed by atoms with Gasteiger partial charge in [0.1, 0.15) is 12.1 Å². The average Bonchev–Trinajstić information content (AvgIpc) is 3.41. The van der Waals surface area contributed by atoms with Crippen LogP contribution in [0.1, 0.15) is 49.5 Å². The van der Waals surface area contributed by atoms with Crippen molar-refractivity contribution in [1.29, 1.82) is 0 Å². The zero-order valence-electron chi connectivity index (χ0n) is 24.5. The van der Waals surface area contributed by atoms with Crippen LogP contribution in [0.15, 0.2) is 72.8 Å². The number of ether oxygens (including phenoxy) is 1. The highest BCUT2D eigenvalue weighted by Gasteiger charge is 2.37. The molecule has 3 aromatic carbocycles. The van der Waals surface area contributed by atoms with Crippen molar-refractivity contribution in [1.82, 2.24) is 16.0 Å². The van der Waals surface area contributed by atoms with Gasteiger partial charge in [-0.25, -0.2) is 4.79 Å². The summed E-state index contributed by atoms with van der Waals surface area (Å²) in [6, 6.07) is 19.9. The Hall–Kier alpha value is -3.30. The maximum absolute atomic E-state index is 13.6. The number of carbonyl (C=O) groups excluding carboxylic acids is 3. The van der Waals surface area contributed by atoms with Gasteiger partial charge in [0.05, 0.1) is 22.7 Å². The van der Waals surface area contributed by atoms with Crippen LogP contribution in [0, 0.1) is 5.92 Å². The molecule has 1 aliphatic rings. The second-order valence-electron chi connectivity index (χ2n) is 11.5. The zero-order chi connectivity index (χ0) is 31.9. The normalized spacial score (nSPS) is 16.9. The molecule has 1 heterocycles. The third kappa shape index (κ3) is 8.66. The van der Waals surface area contributed by atoms with E-state index in [0.29, 0.717) is 33.6 Å². The Morgan fingerprint density at radius 3 is 2.39 bits per heavy atom. The van der Waals surface area contributed by atoms with Crippen LogP contribution in [0.25, 0.3) is 0 Å². The number of carbonyl (C=O) groups is 3. The molecule has 0 saturated carbocycles. The molecule has 234 valence electrons. The van der Waals surface area contributed by atoms with Gasteiger partial charge in [-0.2, -0.15) is 0 Å². The fourth-order valence-corrected chi connectivity index (χ4v) is 5.90. The molecule has 0 bridgehead atoms. The van der Waals surface area contributed by atoms with Gasteiger partial charge < -0.3 is 25.8 Å². The van der Waals surface area contributed by atoms with Crippen LogP contribution < -0.4 is 16.0 Å². The molecule has 1 saturated heterocycles. The monoisotopic (exact) mass is 659 g/mol. The summed E-state index contributed by atoms with van der Waals surface area (Å²) in [6.07, 6.45) is -0.617. The van der Waals surface area contributed by atoms with Gasteiger partial charge in [0, 0.05) is 29.3 Å². The van der Waals surface area contributed by atoms with E-state index in [2.05, 4.69) is 16.0 Å². The maximum Gasteiger partial charge on any atom is 0.408 e. The predicted molar refractivity (Wildman–Crippen MR) is 172 cm³/mol. The Kier molecular flexibility index (Phi) is 11.5. The smallest absolute Gasteiger partial charge is 0.408 e. The lowest BCUT2D eigenvalue weighted by molar-refractivity contribution is -0.126. The summed E-state index contributed by atoms with van der Waals surface area (Å²) in [5.41, 5.74) is 1.55. The number of hydrogen-bond donors (Lipinski definition) is 4. The standard InChI is InChI=1S/C33H36Cl3N3O5/c1-33(2,23-9-6-10-24(34)18-23)29(21-7-4-3-5-8-21)44-32(43)39-28(16-20-11-12-26(35)27(36)15-20)31(42)38-25(19-40)17-22-13-14-37-30(22)41/h3-12,15,18,22,25,28-29,40H,13-14,16-17,19H2,1-2H3,(H,37,41)(H,38,42)(H,39,43)/t22-,25-,28-,29?/m0/s1. The van der Waals surface area contributed by atoms with Crippen molar-refractivity contribution in [3.63, 3.8) is 0 Å². The number of hydrogen-bond acceptors (Lipinski definition) is 5. The molecule has 1 fully saturated rings. The van der Waals surface area contributed by atoms with Crippen molar-refractivity contribution in [3.05, 3.63) is 105 Å². The number of aliphatic hydroxyl groups excluding tert-OH is 1. The highest BCUT2D eigenvalue weighted by Crippen LogP contribution is 2.40. The minimum atomic E-state index is -1.10. The van der Waals surface area contributed by atoms with Gasteiger partial charge in [0.15, 0.2) is 0 Å². The lowest BCUT2D eigenvalue weighted by Crippen LogP contribution is -2.52. The number of rotatable bonds is 12. The third-order valence-electron chi connectivity index (χ3n) is 7.88. The van der Waals surface area contributed by atoms with Crippen LogP contribution in [0.5, 0.6) is 0 Å². The van der Waals surface area contributed by atoms with Crippen molar-refractivity contribution < 1.29 is 24.2 Å². The van der Waals surface area contributed by atoms with E-state index in [1.165, 1.54) is 0 Å². The topological polar surface area (TPSA) is 117 Å². The number of amides is 3. The van der Waals surface area contributed by atoms with Gasteiger partial charge in [-0.05, 0) is 53.8 Å². The van der Waals surface area contributed by atoms with Gasteiger partial charge in [0.25, 0.3) is 0 Å². The third-order valence-corrected chi connectivity index (χ3v) is 8.86. The molecule has 3 amide bonds. The fourth-order valence-electron chi connectivity index (χ4n) is 5.39. The van der Waals surface area contributed by atoms with Crippen molar-refractivity contribution in [2.24, 2.45) is 5.92 Å². The molecule has 11 heteroatoms.